The smallest absolute Gasteiger partial charge is 0.268 e. The predicted molar refractivity (Wildman–Crippen MR) is 68.1 cm³/mol. The van der Waals surface area contributed by atoms with Gasteiger partial charge in [0, 0.05) is 11.2 Å². The molecule has 1 amide bonds. The van der Waals surface area contributed by atoms with E-state index in [0.717, 1.165) is 0 Å². The maximum atomic E-state index is 11.8. The molecule has 2 aromatic rings. The number of nitriles is 1. The number of aromatic amines is 1. The number of nitrogens with zero attached hydrogens (tertiary/aromatic N) is 1. The van der Waals surface area contributed by atoms with Crippen LogP contribution >= 0.6 is 11.6 Å². The molecular formula is C13H10ClN3O. The average Bonchev–Trinajstić information content (AvgIpc) is 2.89. The Morgan fingerprint density at radius 2 is 2.22 bits per heavy atom. The Hall–Kier alpha value is -2.25. The Kier molecular flexibility index (Phi) is 3.66. The van der Waals surface area contributed by atoms with Crippen LogP contribution in [-0.4, -0.2) is 10.9 Å². The van der Waals surface area contributed by atoms with Crippen molar-refractivity contribution < 1.29 is 4.79 Å². The molecule has 5 heteroatoms. The van der Waals surface area contributed by atoms with Crippen molar-refractivity contribution in [3.8, 4) is 6.07 Å². The van der Waals surface area contributed by atoms with Gasteiger partial charge in [0.15, 0.2) is 0 Å². The Morgan fingerprint density at radius 1 is 1.39 bits per heavy atom. The minimum atomic E-state index is -0.723. The Morgan fingerprint density at radius 3 is 2.83 bits per heavy atom. The van der Waals surface area contributed by atoms with Gasteiger partial charge in [0.25, 0.3) is 5.91 Å². The first-order chi connectivity index (χ1) is 8.70. The normalized spacial score (nSPS) is 11.6. The molecular weight excluding hydrogens is 250 g/mol. The minimum absolute atomic E-state index is 0.327. The molecule has 0 aliphatic rings. The largest absolute Gasteiger partial charge is 0.357 e. The van der Waals surface area contributed by atoms with Crippen molar-refractivity contribution in [2.45, 2.75) is 6.04 Å². The molecule has 0 unspecified atom stereocenters. The van der Waals surface area contributed by atoms with Crippen LogP contribution in [0.4, 0.5) is 0 Å². The lowest BCUT2D eigenvalue weighted by molar-refractivity contribution is 0.0941. The van der Waals surface area contributed by atoms with E-state index in [4.69, 9.17) is 16.9 Å². The molecule has 0 spiro atoms. The highest BCUT2D eigenvalue weighted by Crippen LogP contribution is 2.17. The molecule has 0 fully saturated rings. The molecule has 90 valence electrons. The summed E-state index contributed by atoms with van der Waals surface area (Å²) in [7, 11) is 0. The topological polar surface area (TPSA) is 68.7 Å². The van der Waals surface area contributed by atoms with Gasteiger partial charge in [-0.3, -0.25) is 4.79 Å². The van der Waals surface area contributed by atoms with Crippen LogP contribution < -0.4 is 5.32 Å². The van der Waals surface area contributed by atoms with Crippen molar-refractivity contribution in [2.24, 2.45) is 0 Å². The van der Waals surface area contributed by atoms with Crippen molar-refractivity contribution in [3.05, 3.63) is 58.9 Å². The van der Waals surface area contributed by atoms with Gasteiger partial charge in [0.1, 0.15) is 11.7 Å². The summed E-state index contributed by atoms with van der Waals surface area (Å²) in [5.41, 5.74) is 1.07. The number of aromatic nitrogens is 1. The van der Waals surface area contributed by atoms with Crippen molar-refractivity contribution in [2.75, 3.05) is 0 Å². The van der Waals surface area contributed by atoms with Crippen molar-refractivity contribution in [1.29, 1.82) is 5.26 Å². The first-order valence-corrected chi connectivity index (χ1v) is 5.68. The molecule has 0 saturated carbocycles. The van der Waals surface area contributed by atoms with Gasteiger partial charge in [-0.25, -0.2) is 0 Å². The number of carbonyl (C=O) groups excluding carboxylic acids is 1. The monoisotopic (exact) mass is 259 g/mol. The summed E-state index contributed by atoms with van der Waals surface area (Å²) < 4.78 is 0. The summed E-state index contributed by atoms with van der Waals surface area (Å²) in [5, 5.41) is 12.3. The summed E-state index contributed by atoms with van der Waals surface area (Å²) in [4.78, 5) is 14.6. The van der Waals surface area contributed by atoms with Crippen LogP contribution in [-0.2, 0) is 0 Å². The average molecular weight is 260 g/mol. The maximum Gasteiger partial charge on any atom is 0.268 e. The van der Waals surface area contributed by atoms with Gasteiger partial charge in [0.05, 0.1) is 6.07 Å². The summed E-state index contributed by atoms with van der Waals surface area (Å²) in [6.07, 6.45) is 1.65. The number of halogens is 1. The van der Waals surface area contributed by atoms with E-state index in [1.165, 1.54) is 0 Å². The lowest BCUT2D eigenvalue weighted by Gasteiger charge is -2.11. The molecule has 0 radical (unpaired) electrons. The fraction of sp³-hybridized carbons (Fsp3) is 0.0769. The molecule has 0 aliphatic heterocycles. The van der Waals surface area contributed by atoms with Crippen LogP contribution in [0.15, 0.2) is 42.6 Å². The van der Waals surface area contributed by atoms with Gasteiger partial charge in [-0.05, 0) is 29.8 Å². The summed E-state index contributed by atoms with van der Waals surface area (Å²) in [5.74, 6) is -0.327. The van der Waals surface area contributed by atoms with Crippen LogP contribution in [0.2, 0.25) is 5.02 Å². The lowest BCUT2D eigenvalue weighted by atomic mass is 10.1. The highest BCUT2D eigenvalue weighted by Gasteiger charge is 2.15. The van der Waals surface area contributed by atoms with Crippen LogP contribution in [0.3, 0.4) is 0 Å². The SMILES string of the molecule is N#C[C@H](NC(=O)c1ccc[nH]1)c1cccc(Cl)c1. The number of rotatable bonds is 3. The minimum Gasteiger partial charge on any atom is -0.357 e. The zero-order valence-electron chi connectivity index (χ0n) is 9.35. The fourth-order valence-corrected chi connectivity index (χ4v) is 1.76. The fourth-order valence-electron chi connectivity index (χ4n) is 1.56. The van der Waals surface area contributed by atoms with E-state index < -0.39 is 6.04 Å². The van der Waals surface area contributed by atoms with E-state index in [-0.39, 0.29) is 5.91 Å². The van der Waals surface area contributed by atoms with E-state index in [9.17, 15) is 4.79 Å². The van der Waals surface area contributed by atoms with E-state index >= 15 is 0 Å². The Labute approximate surface area is 109 Å². The maximum absolute atomic E-state index is 11.8. The highest BCUT2D eigenvalue weighted by molar-refractivity contribution is 6.30. The molecule has 0 saturated heterocycles. The number of H-pyrrole nitrogens is 1. The second-order valence-electron chi connectivity index (χ2n) is 3.67. The number of hydrogen-bond donors (Lipinski definition) is 2. The lowest BCUT2D eigenvalue weighted by Crippen LogP contribution is -2.27. The summed E-state index contributed by atoms with van der Waals surface area (Å²) >= 11 is 5.85. The van der Waals surface area contributed by atoms with E-state index in [2.05, 4.69) is 10.3 Å². The molecule has 1 heterocycles. The summed E-state index contributed by atoms with van der Waals surface area (Å²) in [6, 6.07) is 11.5. The van der Waals surface area contributed by atoms with Crippen molar-refractivity contribution in [1.82, 2.24) is 10.3 Å². The van der Waals surface area contributed by atoms with Crippen LogP contribution in [0.25, 0.3) is 0 Å². The highest BCUT2D eigenvalue weighted by atomic mass is 35.5. The van der Waals surface area contributed by atoms with E-state index in [0.29, 0.717) is 16.3 Å². The van der Waals surface area contributed by atoms with E-state index in [1.807, 2.05) is 6.07 Å². The van der Waals surface area contributed by atoms with Crippen LogP contribution in [0.5, 0.6) is 0 Å². The number of benzene rings is 1. The third kappa shape index (κ3) is 2.70. The van der Waals surface area contributed by atoms with Crippen LogP contribution in [0.1, 0.15) is 22.1 Å². The number of carbonyl (C=O) groups is 1. The second kappa shape index (κ2) is 5.39. The number of nitrogens with one attached hydrogen (secondary N) is 2. The standard InChI is InChI=1S/C13H10ClN3O/c14-10-4-1-3-9(7-10)12(8-15)17-13(18)11-5-2-6-16-11/h1-7,12,16H,(H,17,18)/t12-/m0/s1. The van der Waals surface area contributed by atoms with E-state index in [1.54, 1.807) is 42.6 Å². The molecule has 2 N–H and O–H groups in total. The molecule has 0 bridgehead atoms. The van der Waals surface area contributed by atoms with Crippen LogP contribution in [0, 0.1) is 11.3 Å². The molecule has 1 aromatic heterocycles. The molecule has 2 rings (SSSR count). The second-order valence-corrected chi connectivity index (χ2v) is 4.11. The van der Waals surface area contributed by atoms with Gasteiger partial charge in [0.2, 0.25) is 0 Å². The molecule has 18 heavy (non-hydrogen) atoms. The zero-order chi connectivity index (χ0) is 13.0. The quantitative estimate of drug-likeness (QED) is 0.890. The van der Waals surface area contributed by atoms with Gasteiger partial charge in [-0.2, -0.15) is 5.26 Å². The van der Waals surface area contributed by atoms with Crippen molar-refractivity contribution in [3.63, 3.8) is 0 Å². The number of amides is 1. The predicted octanol–water partition coefficient (Wildman–Crippen LogP) is 2.66. The molecule has 4 nitrogen and oxygen atoms in total. The zero-order valence-corrected chi connectivity index (χ0v) is 10.1. The molecule has 1 atom stereocenters. The third-order valence-electron chi connectivity index (χ3n) is 2.43. The van der Waals surface area contributed by atoms with Gasteiger partial charge in [-0.1, -0.05) is 23.7 Å². The van der Waals surface area contributed by atoms with Crippen molar-refractivity contribution >= 4 is 17.5 Å². The molecule has 0 aliphatic carbocycles. The van der Waals surface area contributed by atoms with Gasteiger partial charge < -0.3 is 10.3 Å². The Balaban J connectivity index is 2.16. The first-order valence-electron chi connectivity index (χ1n) is 5.30. The first kappa shape index (κ1) is 12.2. The molecule has 1 aromatic carbocycles. The van der Waals surface area contributed by atoms with Gasteiger partial charge in [-0.15, -0.1) is 0 Å². The Bertz CT molecular complexity index is 587. The summed E-state index contributed by atoms with van der Waals surface area (Å²) in [6.45, 7) is 0. The third-order valence-corrected chi connectivity index (χ3v) is 2.66. The number of hydrogen-bond acceptors (Lipinski definition) is 2. The van der Waals surface area contributed by atoms with Gasteiger partial charge >= 0.3 is 0 Å².